The Labute approximate surface area is 256 Å². The van der Waals surface area contributed by atoms with Gasteiger partial charge in [-0.3, -0.25) is 4.79 Å². The van der Waals surface area contributed by atoms with Gasteiger partial charge in [0.2, 0.25) is 0 Å². The second kappa shape index (κ2) is 12.6. The molecule has 3 aromatic rings. The van der Waals surface area contributed by atoms with Crippen LogP contribution in [0.4, 0.5) is 11.6 Å². The molecule has 11 heteroatoms. The van der Waals surface area contributed by atoms with Crippen molar-refractivity contribution in [3.05, 3.63) is 47.1 Å². The number of benzene rings is 1. The molecule has 0 spiro atoms. The van der Waals surface area contributed by atoms with E-state index in [4.69, 9.17) is 52.1 Å². The molecule has 2 fully saturated rings. The molecule has 0 radical (unpaired) electrons. The Bertz CT molecular complexity index is 1460. The standard InChI is InChI=1S/C31H36Cl2N4O5/c1-6-20(38)11-19-16-42-17-23(19)35-26-13-21-18(15-34-26)12-22(27-28(32)24(39-3)14-25(40-4)29(27)33)36-30(21)37-9-7-31(2,41-5)8-10-37/h6,12-15,19,23H,1,7-11,16-17H2,2-5H3,(H,34,35)/t19-,23+/m0/s1. The Morgan fingerprint density at radius 3 is 2.45 bits per heavy atom. The number of fused-ring (bicyclic) bond motifs is 1. The summed E-state index contributed by atoms with van der Waals surface area (Å²) in [4.78, 5) is 24.2. The number of ether oxygens (including phenoxy) is 4. The topological polar surface area (TPSA) is 95.0 Å². The molecule has 2 saturated heterocycles. The van der Waals surface area contributed by atoms with Gasteiger partial charge in [-0.1, -0.05) is 29.8 Å². The van der Waals surface area contributed by atoms with Gasteiger partial charge >= 0.3 is 0 Å². The fourth-order valence-electron chi connectivity index (χ4n) is 5.57. The zero-order valence-corrected chi connectivity index (χ0v) is 25.8. The third-order valence-electron chi connectivity index (χ3n) is 8.36. The molecule has 9 nitrogen and oxygen atoms in total. The number of hydrogen-bond donors (Lipinski definition) is 1. The number of allylic oxidation sites excluding steroid dienone is 1. The highest BCUT2D eigenvalue weighted by molar-refractivity contribution is 6.41. The average molecular weight is 616 g/mol. The quantitative estimate of drug-likeness (QED) is 0.268. The van der Waals surface area contributed by atoms with E-state index >= 15 is 0 Å². The first-order valence-corrected chi connectivity index (χ1v) is 14.7. The van der Waals surface area contributed by atoms with E-state index < -0.39 is 0 Å². The SMILES string of the molecule is C=CC(=O)C[C@H]1COC[C@H]1Nc1cc2c(N3CCC(C)(OC)CC3)nc(-c3c(Cl)c(OC)cc(OC)c3Cl)cc2cn1. The van der Waals surface area contributed by atoms with Crippen molar-refractivity contribution >= 4 is 51.4 Å². The molecule has 2 atom stereocenters. The lowest BCUT2D eigenvalue weighted by molar-refractivity contribution is -0.115. The van der Waals surface area contributed by atoms with Crippen LogP contribution in [0.5, 0.6) is 11.5 Å². The van der Waals surface area contributed by atoms with Crippen LogP contribution >= 0.6 is 23.2 Å². The van der Waals surface area contributed by atoms with Crippen LogP contribution in [-0.4, -0.2) is 75.0 Å². The summed E-state index contributed by atoms with van der Waals surface area (Å²) in [6.45, 7) is 8.26. The largest absolute Gasteiger partial charge is 0.495 e. The number of piperidine rings is 1. The molecule has 0 aliphatic carbocycles. The van der Waals surface area contributed by atoms with Crippen LogP contribution in [0.1, 0.15) is 26.2 Å². The van der Waals surface area contributed by atoms with Crippen molar-refractivity contribution in [2.75, 3.05) is 57.8 Å². The van der Waals surface area contributed by atoms with Crippen LogP contribution in [0.25, 0.3) is 22.0 Å². The summed E-state index contributed by atoms with van der Waals surface area (Å²) in [5.41, 5.74) is 0.918. The van der Waals surface area contributed by atoms with Crippen LogP contribution in [0, 0.1) is 5.92 Å². The molecule has 1 aromatic carbocycles. The number of anilines is 2. The number of aromatic nitrogens is 2. The number of pyridine rings is 2. The van der Waals surface area contributed by atoms with Gasteiger partial charge in [0.1, 0.15) is 23.1 Å². The Kier molecular flexibility index (Phi) is 9.13. The first-order valence-electron chi connectivity index (χ1n) is 13.9. The fraction of sp³-hybridized carbons (Fsp3) is 0.452. The van der Waals surface area contributed by atoms with Crippen LogP contribution < -0.4 is 19.7 Å². The second-order valence-electron chi connectivity index (χ2n) is 11.0. The fourth-order valence-corrected chi connectivity index (χ4v) is 6.27. The molecule has 42 heavy (non-hydrogen) atoms. The number of rotatable bonds is 10. The average Bonchev–Trinajstić information content (AvgIpc) is 3.43. The molecule has 1 N–H and O–H groups in total. The van der Waals surface area contributed by atoms with Crippen molar-refractivity contribution in [3.63, 3.8) is 0 Å². The van der Waals surface area contributed by atoms with Crippen LogP contribution in [0.15, 0.2) is 37.1 Å². The highest BCUT2D eigenvalue weighted by atomic mass is 35.5. The summed E-state index contributed by atoms with van der Waals surface area (Å²) in [7, 11) is 4.85. The van der Waals surface area contributed by atoms with Crippen molar-refractivity contribution in [2.45, 2.75) is 37.8 Å². The molecule has 2 aliphatic heterocycles. The Morgan fingerprint density at radius 2 is 1.83 bits per heavy atom. The van der Waals surface area contributed by atoms with Gasteiger partial charge < -0.3 is 29.2 Å². The summed E-state index contributed by atoms with van der Waals surface area (Å²) in [5, 5.41) is 5.99. The summed E-state index contributed by atoms with van der Waals surface area (Å²) < 4.78 is 22.5. The number of nitrogens with zero attached hydrogens (tertiary/aromatic N) is 3. The minimum absolute atomic E-state index is 0.00226. The van der Waals surface area contributed by atoms with E-state index in [-0.39, 0.29) is 23.3 Å². The first kappa shape index (κ1) is 30.4. The van der Waals surface area contributed by atoms with Gasteiger partial charge in [-0.25, -0.2) is 9.97 Å². The van der Waals surface area contributed by atoms with E-state index in [1.54, 1.807) is 27.4 Å². The Hall–Kier alpha value is -3.11. The molecule has 224 valence electrons. The van der Waals surface area contributed by atoms with E-state index in [1.165, 1.54) is 6.08 Å². The lowest BCUT2D eigenvalue weighted by atomic mass is 9.93. The van der Waals surface area contributed by atoms with Gasteiger partial charge in [-0.2, -0.15) is 0 Å². The molecule has 0 unspecified atom stereocenters. The van der Waals surface area contributed by atoms with Crippen LogP contribution in [-0.2, 0) is 14.3 Å². The zero-order valence-electron chi connectivity index (χ0n) is 24.3. The van der Waals surface area contributed by atoms with Gasteiger partial charge in [0.15, 0.2) is 5.78 Å². The van der Waals surface area contributed by atoms with Gasteiger partial charge in [0.05, 0.1) is 54.8 Å². The van der Waals surface area contributed by atoms with E-state index in [9.17, 15) is 4.79 Å². The predicted molar refractivity (Wildman–Crippen MR) is 166 cm³/mol. The molecule has 0 saturated carbocycles. The first-order chi connectivity index (χ1) is 20.2. The summed E-state index contributed by atoms with van der Waals surface area (Å²) in [6, 6.07) is 5.54. The molecular weight excluding hydrogens is 579 g/mol. The summed E-state index contributed by atoms with van der Waals surface area (Å²) in [5.74, 6) is 2.39. The maximum absolute atomic E-state index is 12.0. The molecular formula is C31H36Cl2N4O5. The molecule has 0 amide bonds. The number of carbonyl (C=O) groups excluding carboxylic acids is 1. The molecule has 4 heterocycles. The van der Waals surface area contributed by atoms with E-state index in [0.717, 1.165) is 42.5 Å². The third-order valence-corrected chi connectivity index (χ3v) is 9.11. The normalized spacial score (nSPS) is 20.0. The van der Waals surface area contributed by atoms with E-state index in [2.05, 4.69) is 23.7 Å². The maximum atomic E-state index is 12.0. The summed E-state index contributed by atoms with van der Waals surface area (Å²) in [6.07, 6.45) is 5.25. The zero-order chi connectivity index (χ0) is 30.0. The van der Waals surface area contributed by atoms with Crippen molar-refractivity contribution in [1.82, 2.24) is 9.97 Å². The predicted octanol–water partition coefficient (Wildman–Crippen LogP) is 6.20. The van der Waals surface area contributed by atoms with Crippen LogP contribution in [0.3, 0.4) is 0 Å². The highest BCUT2D eigenvalue weighted by Gasteiger charge is 2.33. The van der Waals surface area contributed by atoms with Crippen molar-refractivity contribution in [3.8, 4) is 22.8 Å². The number of ketones is 1. The van der Waals surface area contributed by atoms with E-state index in [1.807, 2.05) is 18.3 Å². The number of hydrogen-bond acceptors (Lipinski definition) is 9. The van der Waals surface area contributed by atoms with Gasteiger partial charge in [-0.05, 0) is 38.0 Å². The lowest BCUT2D eigenvalue weighted by Crippen LogP contribution is -2.44. The lowest BCUT2D eigenvalue weighted by Gasteiger charge is -2.39. The molecule has 2 aromatic heterocycles. The monoisotopic (exact) mass is 614 g/mol. The van der Waals surface area contributed by atoms with Crippen molar-refractivity contribution < 1.29 is 23.7 Å². The van der Waals surface area contributed by atoms with Gasteiger partial charge in [-0.15, -0.1) is 0 Å². The van der Waals surface area contributed by atoms with Gasteiger partial charge in [0.25, 0.3) is 0 Å². The Morgan fingerprint density at radius 1 is 1.14 bits per heavy atom. The molecule has 2 aliphatic rings. The van der Waals surface area contributed by atoms with E-state index in [0.29, 0.717) is 58.3 Å². The summed E-state index contributed by atoms with van der Waals surface area (Å²) >= 11 is 13.6. The molecule has 0 bridgehead atoms. The number of methoxy groups -OCH3 is 3. The smallest absolute Gasteiger partial charge is 0.155 e. The Balaban J connectivity index is 1.59. The van der Waals surface area contributed by atoms with Crippen molar-refractivity contribution in [1.29, 1.82) is 0 Å². The highest BCUT2D eigenvalue weighted by Crippen LogP contribution is 2.47. The minimum Gasteiger partial charge on any atom is -0.495 e. The maximum Gasteiger partial charge on any atom is 0.155 e. The number of carbonyl (C=O) groups is 1. The van der Waals surface area contributed by atoms with Crippen LogP contribution in [0.2, 0.25) is 10.0 Å². The van der Waals surface area contributed by atoms with Gasteiger partial charge in [0, 0.05) is 61.1 Å². The minimum atomic E-state index is -0.189. The van der Waals surface area contributed by atoms with Crippen molar-refractivity contribution in [2.24, 2.45) is 5.92 Å². The third kappa shape index (κ3) is 6.01. The number of halogens is 2. The second-order valence-corrected chi connectivity index (χ2v) is 11.7. The number of nitrogens with one attached hydrogen (secondary N) is 1. The molecule has 5 rings (SSSR count).